The van der Waals surface area contributed by atoms with Gasteiger partial charge in [0.25, 0.3) is 10.1 Å². The van der Waals surface area contributed by atoms with E-state index in [1.54, 1.807) is 0 Å². The fraction of sp³-hybridized carbons (Fsp3) is 0.455. The summed E-state index contributed by atoms with van der Waals surface area (Å²) >= 11 is 0. The zero-order chi connectivity index (χ0) is 17.2. The number of rotatable bonds is 5. The highest BCUT2D eigenvalue weighted by molar-refractivity contribution is 7.85. The summed E-state index contributed by atoms with van der Waals surface area (Å²) in [6, 6.07) is 1.79. The number of halogens is 6. The molecule has 0 N–H and O–H groups in total. The molecule has 0 heterocycles. The van der Waals surface area contributed by atoms with Gasteiger partial charge in [-0.05, 0) is 23.8 Å². The van der Waals surface area contributed by atoms with Crippen LogP contribution in [0.15, 0.2) is 18.2 Å². The van der Waals surface area contributed by atoms with Gasteiger partial charge in [-0.2, -0.15) is 34.8 Å². The summed E-state index contributed by atoms with van der Waals surface area (Å²) in [5.41, 5.74) is -1.57. The monoisotopic (exact) mass is 352 g/mol. The highest BCUT2D eigenvalue weighted by Crippen LogP contribution is 2.33. The molecule has 4 nitrogen and oxygen atoms in total. The zero-order valence-electron chi connectivity index (χ0n) is 11.0. The van der Waals surface area contributed by atoms with Crippen molar-refractivity contribution < 1.29 is 43.7 Å². The first-order chi connectivity index (χ1) is 9.76. The van der Waals surface area contributed by atoms with E-state index in [9.17, 15) is 34.8 Å². The maximum Gasteiger partial charge on any atom is 0.422 e. The molecule has 11 heteroatoms. The lowest BCUT2D eigenvalue weighted by Gasteiger charge is -2.14. The van der Waals surface area contributed by atoms with Crippen LogP contribution in [0.2, 0.25) is 0 Å². The van der Waals surface area contributed by atoms with Gasteiger partial charge >= 0.3 is 12.4 Å². The topological polar surface area (TPSA) is 52.6 Å². The Morgan fingerprint density at radius 3 is 2.09 bits per heavy atom. The Morgan fingerprint density at radius 1 is 1.05 bits per heavy atom. The number of alkyl halides is 6. The Labute approximate surface area is 121 Å². The molecule has 0 atom stereocenters. The van der Waals surface area contributed by atoms with Gasteiger partial charge < -0.3 is 4.74 Å². The third-order valence-electron chi connectivity index (χ3n) is 2.14. The molecule has 0 saturated carbocycles. The van der Waals surface area contributed by atoms with Crippen molar-refractivity contribution in [2.45, 2.75) is 19.0 Å². The molecular weight excluding hydrogens is 342 g/mol. The molecule has 0 aliphatic heterocycles. The van der Waals surface area contributed by atoms with Gasteiger partial charge in [-0.25, -0.2) is 0 Å². The molecule has 0 aliphatic carbocycles. The van der Waals surface area contributed by atoms with Crippen LogP contribution in [0.5, 0.6) is 5.75 Å². The predicted molar refractivity (Wildman–Crippen MR) is 62.6 cm³/mol. The van der Waals surface area contributed by atoms with Gasteiger partial charge in [0.2, 0.25) is 0 Å². The minimum absolute atomic E-state index is 0.294. The average Bonchev–Trinajstić information content (AvgIpc) is 2.31. The predicted octanol–water partition coefficient (Wildman–Crippen LogP) is 3.12. The molecular formula is C11H10F6O4S. The molecule has 1 aromatic carbocycles. The highest BCUT2D eigenvalue weighted by atomic mass is 32.2. The summed E-state index contributed by atoms with van der Waals surface area (Å²) in [7, 11) is -3.92. The van der Waals surface area contributed by atoms with Crippen molar-refractivity contribution >= 4 is 10.1 Å². The van der Waals surface area contributed by atoms with Gasteiger partial charge in [-0.15, -0.1) is 0 Å². The van der Waals surface area contributed by atoms with E-state index in [1.807, 2.05) is 0 Å². The SMILES string of the molecule is CS(=O)(=O)OCc1cc(OCC(F)(F)F)cc(C(F)(F)F)c1. The van der Waals surface area contributed by atoms with E-state index in [0.29, 0.717) is 18.4 Å². The molecule has 0 aliphatic rings. The lowest BCUT2D eigenvalue weighted by atomic mass is 10.1. The average molecular weight is 352 g/mol. The molecule has 1 aromatic rings. The van der Waals surface area contributed by atoms with Gasteiger partial charge in [0.1, 0.15) is 5.75 Å². The minimum atomic E-state index is -4.84. The van der Waals surface area contributed by atoms with Crippen molar-refractivity contribution in [1.29, 1.82) is 0 Å². The number of hydrogen-bond donors (Lipinski definition) is 0. The summed E-state index contributed by atoms with van der Waals surface area (Å²) in [5, 5.41) is 0. The standard InChI is InChI=1S/C11H10F6O4S/c1-22(18,19)21-5-7-2-8(11(15,16)17)4-9(3-7)20-6-10(12,13)14/h2-4H,5-6H2,1H3. The van der Waals surface area contributed by atoms with E-state index in [1.165, 1.54) is 0 Å². The number of benzene rings is 1. The first-order valence-electron chi connectivity index (χ1n) is 5.51. The molecule has 0 aromatic heterocycles. The van der Waals surface area contributed by atoms with Crippen LogP contribution in [0.1, 0.15) is 11.1 Å². The molecule has 0 radical (unpaired) electrons. The maximum absolute atomic E-state index is 12.7. The van der Waals surface area contributed by atoms with Gasteiger partial charge in [-0.1, -0.05) is 0 Å². The Hall–Kier alpha value is -1.49. The largest absolute Gasteiger partial charge is 0.484 e. The van der Waals surface area contributed by atoms with Crippen LogP contribution in [0, 0.1) is 0 Å². The van der Waals surface area contributed by atoms with Crippen molar-refractivity contribution in [2.75, 3.05) is 12.9 Å². The second kappa shape index (κ2) is 6.32. The van der Waals surface area contributed by atoms with E-state index in [2.05, 4.69) is 8.92 Å². The quantitative estimate of drug-likeness (QED) is 0.604. The van der Waals surface area contributed by atoms with Crippen LogP contribution >= 0.6 is 0 Å². The molecule has 0 unspecified atom stereocenters. The van der Waals surface area contributed by atoms with Gasteiger partial charge in [0.05, 0.1) is 18.4 Å². The Morgan fingerprint density at radius 2 is 1.64 bits per heavy atom. The van der Waals surface area contributed by atoms with Gasteiger partial charge in [0.15, 0.2) is 6.61 Å². The van der Waals surface area contributed by atoms with Crippen LogP contribution in [0.3, 0.4) is 0 Å². The zero-order valence-corrected chi connectivity index (χ0v) is 11.8. The Balaban J connectivity index is 3.05. The van der Waals surface area contributed by atoms with Gasteiger partial charge in [-0.3, -0.25) is 4.18 Å². The molecule has 0 bridgehead atoms. The molecule has 0 amide bonds. The van der Waals surface area contributed by atoms with E-state index in [0.717, 1.165) is 6.07 Å². The summed E-state index contributed by atoms with van der Waals surface area (Å²) in [6.45, 7) is -2.54. The number of hydrogen-bond acceptors (Lipinski definition) is 4. The third-order valence-corrected chi connectivity index (χ3v) is 2.68. The maximum atomic E-state index is 12.7. The third kappa shape index (κ3) is 6.98. The molecule has 0 saturated heterocycles. The molecule has 126 valence electrons. The first-order valence-corrected chi connectivity index (χ1v) is 7.33. The van der Waals surface area contributed by atoms with Crippen LogP contribution in [-0.2, 0) is 27.1 Å². The van der Waals surface area contributed by atoms with E-state index >= 15 is 0 Å². The molecule has 0 fully saturated rings. The van der Waals surface area contributed by atoms with Crippen LogP contribution < -0.4 is 4.74 Å². The van der Waals surface area contributed by atoms with Crippen LogP contribution in [-0.4, -0.2) is 27.5 Å². The molecule has 22 heavy (non-hydrogen) atoms. The van der Waals surface area contributed by atoms with E-state index < -0.39 is 47.0 Å². The summed E-state index contributed by atoms with van der Waals surface area (Å²) in [5.74, 6) is -0.695. The molecule has 0 spiro atoms. The van der Waals surface area contributed by atoms with Crippen LogP contribution in [0.4, 0.5) is 26.3 Å². The highest BCUT2D eigenvalue weighted by Gasteiger charge is 2.33. The Bertz CT molecular complexity index is 620. The minimum Gasteiger partial charge on any atom is -0.484 e. The second-order valence-electron chi connectivity index (χ2n) is 4.23. The van der Waals surface area contributed by atoms with Crippen molar-refractivity contribution in [1.82, 2.24) is 0 Å². The van der Waals surface area contributed by atoms with Crippen molar-refractivity contribution in [3.8, 4) is 5.75 Å². The van der Waals surface area contributed by atoms with E-state index in [4.69, 9.17) is 0 Å². The summed E-state index contributed by atoms with van der Waals surface area (Å²) < 4.78 is 104. The smallest absolute Gasteiger partial charge is 0.422 e. The fourth-order valence-electron chi connectivity index (χ4n) is 1.33. The lowest BCUT2D eigenvalue weighted by Crippen LogP contribution is -2.19. The number of ether oxygens (including phenoxy) is 1. The molecule has 1 rings (SSSR count). The first kappa shape index (κ1) is 18.6. The summed E-state index contributed by atoms with van der Waals surface area (Å²) in [6.07, 6.45) is -8.88. The second-order valence-corrected chi connectivity index (χ2v) is 5.88. The lowest BCUT2D eigenvalue weighted by molar-refractivity contribution is -0.153. The van der Waals surface area contributed by atoms with Crippen molar-refractivity contribution in [2.24, 2.45) is 0 Å². The summed E-state index contributed by atoms with van der Waals surface area (Å²) in [4.78, 5) is 0. The van der Waals surface area contributed by atoms with Gasteiger partial charge in [0, 0.05) is 0 Å². The normalized spacial score (nSPS) is 13.2. The van der Waals surface area contributed by atoms with E-state index in [-0.39, 0.29) is 5.56 Å². The van der Waals surface area contributed by atoms with Crippen LogP contribution in [0.25, 0.3) is 0 Å². The van der Waals surface area contributed by atoms with Crippen molar-refractivity contribution in [3.05, 3.63) is 29.3 Å². The van der Waals surface area contributed by atoms with Crippen molar-refractivity contribution in [3.63, 3.8) is 0 Å². The fourth-order valence-corrected chi connectivity index (χ4v) is 1.68. The Kier molecular flexibility index (Phi) is 5.34.